The van der Waals surface area contributed by atoms with Crippen molar-refractivity contribution in [3.05, 3.63) is 47.6 Å². The van der Waals surface area contributed by atoms with Crippen LogP contribution in [0.25, 0.3) is 16.9 Å². The van der Waals surface area contributed by atoms with Gasteiger partial charge in [0.25, 0.3) is 0 Å². The molecule has 0 N–H and O–H groups in total. The van der Waals surface area contributed by atoms with E-state index in [0.717, 1.165) is 40.8 Å². The molecule has 6 heteroatoms. The highest BCUT2D eigenvalue weighted by Gasteiger charge is 2.31. The van der Waals surface area contributed by atoms with Crippen LogP contribution in [0.2, 0.25) is 5.02 Å². The molecular formula is C16H15ClN4O. The Morgan fingerprint density at radius 1 is 1.18 bits per heavy atom. The second kappa shape index (κ2) is 5.26. The van der Waals surface area contributed by atoms with Crippen molar-refractivity contribution in [1.82, 2.24) is 14.6 Å². The van der Waals surface area contributed by atoms with E-state index in [1.54, 1.807) is 13.3 Å². The van der Waals surface area contributed by atoms with Crippen LogP contribution in [0.15, 0.2) is 42.6 Å². The Bertz CT molecular complexity index is 809. The molecule has 0 radical (unpaired) electrons. The molecule has 5 nitrogen and oxygen atoms in total. The smallest absolute Gasteiger partial charge is 0.158 e. The van der Waals surface area contributed by atoms with E-state index in [-0.39, 0.29) is 6.10 Å². The fraction of sp³-hybridized carbons (Fsp3) is 0.250. The van der Waals surface area contributed by atoms with E-state index < -0.39 is 0 Å². The first kappa shape index (κ1) is 13.5. The average molecular weight is 315 g/mol. The van der Waals surface area contributed by atoms with E-state index in [2.05, 4.69) is 10.00 Å². The van der Waals surface area contributed by atoms with Crippen molar-refractivity contribution in [2.75, 3.05) is 25.1 Å². The molecular weight excluding hydrogens is 300 g/mol. The van der Waals surface area contributed by atoms with E-state index in [1.165, 1.54) is 0 Å². The molecule has 0 spiro atoms. The third-order valence-electron chi connectivity index (χ3n) is 3.97. The van der Waals surface area contributed by atoms with Gasteiger partial charge in [0.2, 0.25) is 0 Å². The Morgan fingerprint density at radius 2 is 1.95 bits per heavy atom. The Morgan fingerprint density at radius 3 is 2.68 bits per heavy atom. The van der Waals surface area contributed by atoms with Crippen LogP contribution in [0, 0.1) is 0 Å². The summed E-state index contributed by atoms with van der Waals surface area (Å²) in [6.07, 6.45) is 2.04. The van der Waals surface area contributed by atoms with Gasteiger partial charge in [-0.15, -0.1) is 0 Å². The molecule has 0 bridgehead atoms. The van der Waals surface area contributed by atoms with Gasteiger partial charge in [0, 0.05) is 37.0 Å². The highest BCUT2D eigenvalue weighted by atomic mass is 35.5. The summed E-state index contributed by atoms with van der Waals surface area (Å²) < 4.78 is 7.24. The number of hydrogen-bond donors (Lipinski definition) is 0. The summed E-state index contributed by atoms with van der Waals surface area (Å²) in [5.74, 6) is 0.939. The van der Waals surface area contributed by atoms with Crippen LogP contribution in [-0.4, -0.2) is 40.9 Å². The van der Waals surface area contributed by atoms with Crippen molar-refractivity contribution in [3.63, 3.8) is 0 Å². The van der Waals surface area contributed by atoms with Crippen molar-refractivity contribution in [3.8, 4) is 11.3 Å². The largest absolute Gasteiger partial charge is 0.378 e. The molecule has 0 atom stereocenters. The third-order valence-corrected chi connectivity index (χ3v) is 4.23. The number of fused-ring (bicyclic) bond motifs is 1. The maximum absolute atomic E-state index is 6.00. The highest BCUT2D eigenvalue weighted by molar-refractivity contribution is 6.30. The topological polar surface area (TPSA) is 42.7 Å². The second-order valence-electron chi connectivity index (χ2n) is 5.35. The number of aromatic nitrogens is 3. The normalized spacial score (nSPS) is 15.3. The summed E-state index contributed by atoms with van der Waals surface area (Å²) in [6, 6.07) is 11.6. The van der Waals surface area contributed by atoms with Gasteiger partial charge in [-0.2, -0.15) is 5.10 Å². The lowest BCUT2D eigenvalue weighted by atomic mass is 10.1. The van der Waals surface area contributed by atoms with Crippen LogP contribution < -0.4 is 4.90 Å². The lowest BCUT2D eigenvalue weighted by Gasteiger charge is -2.38. The number of imidazole rings is 1. The molecule has 1 fully saturated rings. The molecule has 0 saturated carbocycles. The summed E-state index contributed by atoms with van der Waals surface area (Å²) in [5.41, 5.74) is 2.87. The van der Waals surface area contributed by atoms with Gasteiger partial charge < -0.3 is 9.64 Å². The second-order valence-corrected chi connectivity index (χ2v) is 5.78. The van der Waals surface area contributed by atoms with E-state index in [0.29, 0.717) is 0 Å². The highest BCUT2D eigenvalue weighted by Crippen LogP contribution is 2.34. The van der Waals surface area contributed by atoms with E-state index >= 15 is 0 Å². The molecule has 4 rings (SSSR count). The Hall–Kier alpha value is -2.11. The zero-order valence-electron chi connectivity index (χ0n) is 12.1. The molecule has 0 amide bonds. The van der Waals surface area contributed by atoms with Gasteiger partial charge in [0.1, 0.15) is 5.69 Å². The maximum Gasteiger partial charge on any atom is 0.158 e. The summed E-state index contributed by atoms with van der Waals surface area (Å²) >= 11 is 6.00. The Balaban J connectivity index is 1.85. The van der Waals surface area contributed by atoms with Crippen molar-refractivity contribution in [2.45, 2.75) is 6.10 Å². The summed E-state index contributed by atoms with van der Waals surface area (Å²) in [4.78, 5) is 6.96. The monoisotopic (exact) mass is 314 g/mol. The first-order valence-corrected chi connectivity index (χ1v) is 7.51. The van der Waals surface area contributed by atoms with Gasteiger partial charge in [-0.05, 0) is 24.3 Å². The minimum Gasteiger partial charge on any atom is -0.378 e. The van der Waals surface area contributed by atoms with Crippen LogP contribution in [0.1, 0.15) is 0 Å². The predicted octanol–water partition coefficient (Wildman–Crippen LogP) is 2.88. The first-order chi connectivity index (χ1) is 10.8. The molecule has 3 heterocycles. The minimum absolute atomic E-state index is 0.274. The van der Waals surface area contributed by atoms with Gasteiger partial charge in [0.15, 0.2) is 11.5 Å². The maximum atomic E-state index is 6.00. The first-order valence-electron chi connectivity index (χ1n) is 7.13. The zero-order valence-corrected chi connectivity index (χ0v) is 12.9. The molecule has 0 unspecified atom stereocenters. The summed E-state index contributed by atoms with van der Waals surface area (Å²) in [5, 5.41) is 5.16. The quantitative estimate of drug-likeness (QED) is 0.745. The van der Waals surface area contributed by atoms with Crippen molar-refractivity contribution in [1.29, 1.82) is 0 Å². The zero-order chi connectivity index (χ0) is 15.1. The molecule has 1 aromatic carbocycles. The molecule has 3 aromatic rings. The van der Waals surface area contributed by atoms with Gasteiger partial charge in [-0.25, -0.2) is 9.50 Å². The van der Waals surface area contributed by atoms with Crippen molar-refractivity contribution < 1.29 is 4.74 Å². The molecule has 22 heavy (non-hydrogen) atoms. The molecule has 1 aliphatic rings. The van der Waals surface area contributed by atoms with Crippen LogP contribution in [0.4, 0.5) is 5.82 Å². The van der Waals surface area contributed by atoms with E-state index in [4.69, 9.17) is 21.3 Å². The lowest BCUT2D eigenvalue weighted by molar-refractivity contribution is 0.0784. The van der Waals surface area contributed by atoms with Gasteiger partial charge in [-0.3, -0.25) is 0 Å². The SMILES string of the molecule is COC1CN(c2nc3cccnn3c2-c2ccc(Cl)cc2)C1. The van der Waals surface area contributed by atoms with Gasteiger partial charge in [-0.1, -0.05) is 23.7 Å². The summed E-state index contributed by atoms with van der Waals surface area (Å²) in [7, 11) is 1.74. The van der Waals surface area contributed by atoms with Gasteiger partial charge in [0.05, 0.1) is 6.10 Å². The molecule has 2 aromatic heterocycles. The Labute approximate surface area is 133 Å². The number of benzene rings is 1. The van der Waals surface area contributed by atoms with Crippen LogP contribution in [0.5, 0.6) is 0 Å². The van der Waals surface area contributed by atoms with E-state index in [1.807, 2.05) is 40.9 Å². The predicted molar refractivity (Wildman–Crippen MR) is 86.4 cm³/mol. The number of nitrogens with zero attached hydrogens (tertiary/aromatic N) is 4. The molecule has 1 saturated heterocycles. The number of ether oxygens (including phenoxy) is 1. The molecule has 112 valence electrons. The van der Waals surface area contributed by atoms with Gasteiger partial charge >= 0.3 is 0 Å². The standard InChI is InChI=1S/C16H15ClN4O/c1-22-13-9-20(10-13)16-15(11-4-6-12(17)7-5-11)21-14(19-16)3-2-8-18-21/h2-8,13H,9-10H2,1H3. The van der Waals surface area contributed by atoms with Crippen molar-refractivity contribution >= 4 is 23.1 Å². The average Bonchev–Trinajstić information content (AvgIpc) is 2.86. The Kier molecular flexibility index (Phi) is 3.24. The number of anilines is 1. The van der Waals surface area contributed by atoms with Crippen LogP contribution >= 0.6 is 11.6 Å². The number of hydrogen-bond acceptors (Lipinski definition) is 4. The van der Waals surface area contributed by atoms with Crippen LogP contribution in [0.3, 0.4) is 0 Å². The third kappa shape index (κ3) is 2.14. The fourth-order valence-corrected chi connectivity index (χ4v) is 2.84. The summed E-state index contributed by atoms with van der Waals surface area (Å²) in [6.45, 7) is 1.70. The molecule has 0 aliphatic carbocycles. The number of halogens is 1. The number of rotatable bonds is 3. The number of methoxy groups -OCH3 is 1. The molecule has 1 aliphatic heterocycles. The minimum atomic E-state index is 0.274. The van der Waals surface area contributed by atoms with Crippen LogP contribution in [-0.2, 0) is 4.74 Å². The lowest BCUT2D eigenvalue weighted by Crippen LogP contribution is -2.52. The fourth-order valence-electron chi connectivity index (χ4n) is 2.72. The van der Waals surface area contributed by atoms with Crippen molar-refractivity contribution in [2.24, 2.45) is 0 Å². The van der Waals surface area contributed by atoms with E-state index in [9.17, 15) is 0 Å².